The maximum absolute atomic E-state index is 4.67. The summed E-state index contributed by atoms with van der Waals surface area (Å²) in [4.78, 5) is 9.72. The normalized spacial score (nSPS) is 22.2. The maximum Gasteiger partial charge on any atom is 0.146 e. The van der Waals surface area contributed by atoms with E-state index in [1.807, 2.05) is 0 Å². The minimum atomic E-state index is 0.469. The molecular formula is C21H32N6. The van der Waals surface area contributed by atoms with Gasteiger partial charge in [-0.05, 0) is 64.4 Å². The molecule has 27 heavy (non-hydrogen) atoms. The second-order valence-electron chi connectivity index (χ2n) is 8.21. The first kappa shape index (κ1) is 18.6. The summed E-state index contributed by atoms with van der Waals surface area (Å²) in [5.74, 6) is 2.74. The zero-order valence-electron chi connectivity index (χ0n) is 16.8. The van der Waals surface area contributed by atoms with Gasteiger partial charge in [-0.3, -0.25) is 14.8 Å². The lowest BCUT2D eigenvalue weighted by molar-refractivity contribution is 0.192. The average Bonchev–Trinajstić information content (AvgIpc) is 3.03. The number of nitrogens with zero attached hydrogens (tertiary/aromatic N) is 6. The molecule has 0 N–H and O–H groups in total. The van der Waals surface area contributed by atoms with Gasteiger partial charge in [-0.25, -0.2) is 0 Å². The van der Waals surface area contributed by atoms with Gasteiger partial charge < -0.3 is 4.57 Å². The van der Waals surface area contributed by atoms with E-state index in [0.29, 0.717) is 5.92 Å². The summed E-state index contributed by atoms with van der Waals surface area (Å²) in [6, 6.07) is 6.30. The molecule has 6 heteroatoms. The minimum absolute atomic E-state index is 0.469. The van der Waals surface area contributed by atoms with Crippen molar-refractivity contribution in [2.45, 2.75) is 58.0 Å². The monoisotopic (exact) mass is 368 g/mol. The third-order valence-electron chi connectivity index (χ3n) is 6.01. The van der Waals surface area contributed by atoms with Gasteiger partial charge in [-0.1, -0.05) is 12.5 Å². The van der Waals surface area contributed by atoms with E-state index in [1.165, 1.54) is 50.9 Å². The summed E-state index contributed by atoms with van der Waals surface area (Å²) in [7, 11) is 2.15. The van der Waals surface area contributed by atoms with E-state index in [9.17, 15) is 0 Å². The van der Waals surface area contributed by atoms with E-state index in [1.54, 1.807) is 0 Å². The van der Waals surface area contributed by atoms with Gasteiger partial charge in [0.25, 0.3) is 0 Å². The fraction of sp³-hybridized carbons (Fsp3) is 0.667. The molecule has 2 aromatic rings. The third-order valence-corrected chi connectivity index (χ3v) is 6.01. The second kappa shape index (κ2) is 8.48. The molecule has 6 nitrogen and oxygen atoms in total. The summed E-state index contributed by atoms with van der Waals surface area (Å²) in [5, 5.41) is 9.15. The lowest BCUT2D eigenvalue weighted by Gasteiger charge is -2.32. The van der Waals surface area contributed by atoms with Crippen LogP contribution in [0, 0.1) is 6.92 Å². The largest absolute Gasteiger partial charge is 0.317 e. The van der Waals surface area contributed by atoms with Crippen LogP contribution >= 0.6 is 0 Å². The molecule has 0 unspecified atom stereocenters. The van der Waals surface area contributed by atoms with Crippen LogP contribution in [0.5, 0.6) is 0 Å². The molecule has 0 aliphatic carbocycles. The van der Waals surface area contributed by atoms with Crippen molar-refractivity contribution >= 4 is 0 Å². The van der Waals surface area contributed by atoms with Gasteiger partial charge in [0.15, 0.2) is 0 Å². The number of likely N-dealkylation sites (tertiary alicyclic amines) is 2. The lowest BCUT2D eigenvalue weighted by Crippen LogP contribution is -2.35. The molecule has 0 amide bonds. The first-order chi connectivity index (χ1) is 13.2. The van der Waals surface area contributed by atoms with Gasteiger partial charge in [0.1, 0.15) is 11.6 Å². The van der Waals surface area contributed by atoms with E-state index in [0.717, 1.165) is 43.5 Å². The molecule has 2 fully saturated rings. The second-order valence-corrected chi connectivity index (χ2v) is 8.21. The number of piperidine rings is 2. The molecule has 2 aromatic heterocycles. The predicted molar refractivity (Wildman–Crippen MR) is 106 cm³/mol. The highest BCUT2D eigenvalue weighted by molar-refractivity contribution is 5.10. The van der Waals surface area contributed by atoms with E-state index in [4.69, 9.17) is 0 Å². The summed E-state index contributed by atoms with van der Waals surface area (Å²) in [6.07, 6.45) is 6.41. The van der Waals surface area contributed by atoms with Crippen molar-refractivity contribution in [1.29, 1.82) is 0 Å². The molecule has 0 bridgehead atoms. The van der Waals surface area contributed by atoms with Crippen LogP contribution in [0.3, 0.4) is 0 Å². The molecular weight excluding hydrogens is 336 g/mol. The topological polar surface area (TPSA) is 50.1 Å². The molecule has 0 saturated carbocycles. The Morgan fingerprint density at radius 1 is 0.963 bits per heavy atom. The fourth-order valence-electron chi connectivity index (χ4n) is 4.51. The smallest absolute Gasteiger partial charge is 0.146 e. The van der Waals surface area contributed by atoms with Crippen LogP contribution in [0.15, 0.2) is 18.2 Å². The summed E-state index contributed by atoms with van der Waals surface area (Å²) in [5.41, 5.74) is 2.26. The lowest BCUT2D eigenvalue weighted by atomic mass is 9.97. The summed E-state index contributed by atoms with van der Waals surface area (Å²) >= 11 is 0. The van der Waals surface area contributed by atoms with Crippen LogP contribution in [0.25, 0.3) is 0 Å². The van der Waals surface area contributed by atoms with E-state index in [-0.39, 0.29) is 0 Å². The van der Waals surface area contributed by atoms with Crippen LogP contribution in [0.1, 0.15) is 61.1 Å². The Morgan fingerprint density at radius 2 is 1.78 bits per heavy atom. The molecule has 4 heterocycles. The molecule has 1 atom stereocenters. The van der Waals surface area contributed by atoms with Crippen LogP contribution in [0.2, 0.25) is 0 Å². The van der Waals surface area contributed by atoms with Gasteiger partial charge in [0.05, 0.1) is 12.2 Å². The molecule has 4 rings (SSSR count). The van der Waals surface area contributed by atoms with Crippen molar-refractivity contribution in [2.75, 3.05) is 26.2 Å². The molecule has 0 aromatic carbocycles. The Balaban J connectivity index is 1.40. The van der Waals surface area contributed by atoms with Crippen molar-refractivity contribution in [2.24, 2.45) is 7.05 Å². The number of hydrogen-bond donors (Lipinski definition) is 0. The molecule has 2 aliphatic heterocycles. The van der Waals surface area contributed by atoms with E-state index < -0.39 is 0 Å². The van der Waals surface area contributed by atoms with Crippen molar-refractivity contribution in [3.8, 4) is 0 Å². The molecule has 0 spiro atoms. The third kappa shape index (κ3) is 4.55. The zero-order valence-corrected chi connectivity index (χ0v) is 16.8. The first-order valence-electron chi connectivity index (χ1n) is 10.4. The summed E-state index contributed by atoms with van der Waals surface area (Å²) < 4.78 is 2.26. The van der Waals surface area contributed by atoms with Gasteiger partial charge in [0.2, 0.25) is 0 Å². The van der Waals surface area contributed by atoms with Gasteiger partial charge >= 0.3 is 0 Å². The highest BCUT2D eigenvalue weighted by Gasteiger charge is 2.26. The number of aromatic nitrogens is 4. The molecule has 2 aliphatic rings. The number of rotatable bonds is 5. The van der Waals surface area contributed by atoms with E-state index in [2.05, 4.69) is 61.7 Å². The fourth-order valence-corrected chi connectivity index (χ4v) is 4.51. The molecule has 0 radical (unpaired) electrons. The average molecular weight is 369 g/mol. The van der Waals surface area contributed by atoms with Crippen molar-refractivity contribution < 1.29 is 0 Å². The summed E-state index contributed by atoms with van der Waals surface area (Å²) in [6.45, 7) is 8.51. The van der Waals surface area contributed by atoms with Crippen molar-refractivity contribution in [3.05, 3.63) is 41.2 Å². The zero-order chi connectivity index (χ0) is 18.6. The van der Waals surface area contributed by atoms with Crippen LogP contribution in [0.4, 0.5) is 0 Å². The highest BCUT2D eigenvalue weighted by atomic mass is 15.3. The van der Waals surface area contributed by atoms with Crippen molar-refractivity contribution in [3.63, 3.8) is 0 Å². The Morgan fingerprint density at radius 3 is 2.59 bits per heavy atom. The Labute approximate surface area is 162 Å². The highest BCUT2D eigenvalue weighted by Crippen LogP contribution is 2.27. The SMILES string of the molecule is Cc1cccc(CN2CCC[C@@H](c3nnc(CN4CCCCC4)n3C)C2)n1. The number of hydrogen-bond acceptors (Lipinski definition) is 5. The van der Waals surface area contributed by atoms with Gasteiger partial charge in [-0.15, -0.1) is 10.2 Å². The van der Waals surface area contributed by atoms with E-state index >= 15 is 0 Å². The van der Waals surface area contributed by atoms with Crippen LogP contribution in [-0.4, -0.2) is 55.7 Å². The maximum atomic E-state index is 4.67. The van der Waals surface area contributed by atoms with Gasteiger partial charge in [-0.2, -0.15) is 0 Å². The molecule has 146 valence electrons. The first-order valence-corrected chi connectivity index (χ1v) is 10.4. The standard InChI is InChI=1S/C21H32N6/c1-17-8-6-10-19(22-17)15-27-13-7-9-18(14-27)21-24-23-20(25(21)2)16-26-11-4-3-5-12-26/h6,8,10,18H,3-5,7,9,11-16H2,1-2H3/t18-/m1/s1. The quantitative estimate of drug-likeness (QED) is 0.812. The minimum Gasteiger partial charge on any atom is -0.317 e. The number of pyridine rings is 1. The van der Waals surface area contributed by atoms with Gasteiger partial charge in [0, 0.05) is 31.7 Å². The molecule has 2 saturated heterocycles. The van der Waals surface area contributed by atoms with Crippen LogP contribution in [-0.2, 0) is 20.1 Å². The Bertz CT molecular complexity index is 749. The Kier molecular flexibility index (Phi) is 5.83. The predicted octanol–water partition coefficient (Wildman–Crippen LogP) is 2.88. The Hall–Kier alpha value is -1.79. The van der Waals surface area contributed by atoms with Crippen LogP contribution < -0.4 is 0 Å². The number of aryl methyl sites for hydroxylation is 1. The van der Waals surface area contributed by atoms with Crippen molar-refractivity contribution in [1.82, 2.24) is 29.5 Å².